The monoisotopic (exact) mass is 416 g/mol. The second-order valence-corrected chi connectivity index (χ2v) is 9.86. The average Bonchev–Trinajstić information content (AvgIpc) is 3.33. The number of hydrogen-bond donors (Lipinski definition) is 0. The largest absolute Gasteiger partial charge is 0.476 e. The van der Waals surface area contributed by atoms with E-state index in [1.165, 1.54) is 34.2 Å². The number of fused-ring (bicyclic) bond motifs is 1. The van der Waals surface area contributed by atoms with E-state index >= 15 is 0 Å². The highest BCUT2D eigenvalue weighted by molar-refractivity contribution is 7.89. The first kappa shape index (κ1) is 18.6. The number of ether oxygens (including phenoxy) is 1. The molecule has 10 heteroatoms. The van der Waals surface area contributed by atoms with Gasteiger partial charge in [-0.3, -0.25) is 4.68 Å². The van der Waals surface area contributed by atoms with E-state index in [9.17, 15) is 8.42 Å². The number of imidazole rings is 1. The standard InChI is InChI=1S/C19H24N6O3S/c1-23-11-16(10-20-23)29(26,27)24-8-6-14(7-9-24)13-28-19-5-4-18-21-17(15-2-3-15)12-25(18)22-19/h4-5,10-12,14-15H,2-3,6-9,13H2,1H3. The van der Waals surface area contributed by atoms with Crippen molar-refractivity contribution >= 4 is 15.7 Å². The van der Waals surface area contributed by atoms with Gasteiger partial charge in [0.1, 0.15) is 4.90 Å². The van der Waals surface area contributed by atoms with Crippen molar-refractivity contribution in [2.45, 2.75) is 36.5 Å². The first-order valence-electron chi connectivity index (χ1n) is 9.97. The summed E-state index contributed by atoms with van der Waals surface area (Å²) in [5.41, 5.74) is 1.95. The maximum absolute atomic E-state index is 12.7. The molecule has 5 rings (SSSR count). The van der Waals surface area contributed by atoms with Crippen molar-refractivity contribution in [1.82, 2.24) is 28.7 Å². The minimum atomic E-state index is -3.47. The molecule has 0 aromatic carbocycles. The summed E-state index contributed by atoms with van der Waals surface area (Å²) in [4.78, 5) is 4.85. The molecule has 1 saturated heterocycles. The van der Waals surface area contributed by atoms with Crippen molar-refractivity contribution < 1.29 is 13.2 Å². The topological polar surface area (TPSA) is 94.6 Å². The molecule has 29 heavy (non-hydrogen) atoms. The van der Waals surface area contributed by atoms with Crippen LogP contribution >= 0.6 is 0 Å². The summed E-state index contributed by atoms with van der Waals surface area (Å²) in [6.45, 7) is 1.51. The minimum absolute atomic E-state index is 0.248. The number of nitrogens with zero attached hydrogens (tertiary/aromatic N) is 6. The predicted octanol–water partition coefficient (Wildman–Crippen LogP) is 1.82. The molecule has 154 valence electrons. The summed E-state index contributed by atoms with van der Waals surface area (Å²) < 4.78 is 36.1. The van der Waals surface area contributed by atoms with Gasteiger partial charge in [-0.15, -0.1) is 5.10 Å². The zero-order valence-electron chi connectivity index (χ0n) is 16.3. The highest BCUT2D eigenvalue weighted by atomic mass is 32.2. The van der Waals surface area contributed by atoms with Gasteiger partial charge in [-0.05, 0) is 37.7 Å². The number of aromatic nitrogens is 5. The van der Waals surface area contributed by atoms with E-state index in [4.69, 9.17) is 4.74 Å². The maximum Gasteiger partial charge on any atom is 0.246 e. The third kappa shape index (κ3) is 3.74. The molecule has 0 radical (unpaired) electrons. The van der Waals surface area contributed by atoms with Gasteiger partial charge >= 0.3 is 0 Å². The van der Waals surface area contributed by atoms with Crippen LogP contribution in [0, 0.1) is 5.92 Å². The molecule has 0 atom stereocenters. The number of rotatable bonds is 6. The van der Waals surface area contributed by atoms with Crippen LogP contribution in [0.25, 0.3) is 5.65 Å². The number of aryl methyl sites for hydroxylation is 1. The molecule has 3 aromatic rings. The fourth-order valence-electron chi connectivity index (χ4n) is 3.74. The lowest BCUT2D eigenvalue weighted by Crippen LogP contribution is -2.39. The number of sulfonamides is 1. The van der Waals surface area contributed by atoms with Crippen molar-refractivity contribution in [2.75, 3.05) is 19.7 Å². The van der Waals surface area contributed by atoms with E-state index < -0.39 is 10.0 Å². The van der Waals surface area contributed by atoms with E-state index in [0.29, 0.717) is 37.4 Å². The Bertz CT molecular complexity index is 1130. The number of piperidine rings is 1. The zero-order valence-corrected chi connectivity index (χ0v) is 17.1. The predicted molar refractivity (Wildman–Crippen MR) is 105 cm³/mol. The van der Waals surface area contributed by atoms with Crippen LogP contribution in [0.2, 0.25) is 0 Å². The van der Waals surface area contributed by atoms with E-state index in [2.05, 4.69) is 15.2 Å². The lowest BCUT2D eigenvalue weighted by atomic mass is 9.99. The fraction of sp³-hybridized carbons (Fsp3) is 0.526. The Morgan fingerprint density at radius 2 is 1.93 bits per heavy atom. The molecule has 2 aliphatic rings. The van der Waals surface area contributed by atoms with Crippen LogP contribution in [0.5, 0.6) is 5.88 Å². The van der Waals surface area contributed by atoms with Gasteiger partial charge in [0.15, 0.2) is 5.65 Å². The molecule has 1 saturated carbocycles. The van der Waals surface area contributed by atoms with Crippen molar-refractivity contribution in [3.63, 3.8) is 0 Å². The first-order valence-corrected chi connectivity index (χ1v) is 11.4. The molecule has 1 aliphatic carbocycles. The lowest BCUT2D eigenvalue weighted by molar-refractivity contribution is 0.179. The Kier molecular flexibility index (Phi) is 4.54. The molecule has 1 aliphatic heterocycles. The van der Waals surface area contributed by atoms with Gasteiger partial charge < -0.3 is 4.74 Å². The lowest BCUT2D eigenvalue weighted by Gasteiger charge is -2.30. The van der Waals surface area contributed by atoms with Crippen LogP contribution in [-0.4, -0.2) is 56.8 Å². The van der Waals surface area contributed by atoms with Gasteiger partial charge in [0.2, 0.25) is 15.9 Å². The molecular formula is C19H24N6O3S. The molecule has 0 bridgehead atoms. The second-order valence-electron chi connectivity index (χ2n) is 7.92. The molecule has 0 N–H and O–H groups in total. The van der Waals surface area contributed by atoms with Crippen molar-refractivity contribution in [3.8, 4) is 5.88 Å². The summed E-state index contributed by atoms with van der Waals surface area (Å²) in [7, 11) is -1.76. The molecule has 9 nitrogen and oxygen atoms in total. The quantitative estimate of drug-likeness (QED) is 0.608. The summed E-state index contributed by atoms with van der Waals surface area (Å²) >= 11 is 0. The molecule has 0 amide bonds. The Balaban J connectivity index is 1.17. The second kappa shape index (κ2) is 7.10. The number of hydrogen-bond acceptors (Lipinski definition) is 6. The van der Waals surface area contributed by atoms with Gasteiger partial charge in [-0.2, -0.15) is 9.40 Å². The summed E-state index contributed by atoms with van der Waals surface area (Å²) in [5.74, 6) is 1.47. The van der Waals surface area contributed by atoms with E-state index in [1.54, 1.807) is 11.6 Å². The summed E-state index contributed by atoms with van der Waals surface area (Å²) in [6, 6.07) is 3.78. The highest BCUT2D eigenvalue weighted by Gasteiger charge is 2.30. The van der Waals surface area contributed by atoms with E-state index in [0.717, 1.165) is 24.2 Å². The summed E-state index contributed by atoms with van der Waals surface area (Å²) in [5, 5.41) is 8.47. The Hall–Kier alpha value is -2.46. The van der Waals surface area contributed by atoms with Crippen molar-refractivity contribution in [1.29, 1.82) is 0 Å². The molecule has 0 spiro atoms. The maximum atomic E-state index is 12.7. The highest BCUT2D eigenvalue weighted by Crippen LogP contribution is 2.39. The summed E-state index contributed by atoms with van der Waals surface area (Å²) in [6.07, 6.45) is 8.87. The fourth-order valence-corrected chi connectivity index (χ4v) is 5.19. The Labute approximate surface area is 169 Å². The van der Waals surface area contributed by atoms with Crippen LogP contribution in [0.15, 0.2) is 35.6 Å². The first-order chi connectivity index (χ1) is 14.0. The molecule has 2 fully saturated rings. The Morgan fingerprint density at radius 3 is 2.62 bits per heavy atom. The molecule has 0 unspecified atom stereocenters. The van der Waals surface area contributed by atoms with E-state index in [1.807, 2.05) is 18.3 Å². The normalized spacial score (nSPS) is 19.1. The van der Waals surface area contributed by atoms with Crippen LogP contribution < -0.4 is 4.74 Å². The van der Waals surface area contributed by atoms with Crippen LogP contribution in [-0.2, 0) is 17.1 Å². The van der Waals surface area contributed by atoms with Gasteiger partial charge in [-0.1, -0.05) is 0 Å². The van der Waals surface area contributed by atoms with Crippen LogP contribution in [0.3, 0.4) is 0 Å². The molecule has 3 aromatic heterocycles. The minimum Gasteiger partial charge on any atom is -0.476 e. The van der Waals surface area contributed by atoms with Crippen LogP contribution in [0.1, 0.15) is 37.3 Å². The SMILES string of the molecule is Cn1cc(S(=O)(=O)N2CCC(COc3ccc4nc(C5CC5)cn4n3)CC2)cn1. The van der Waals surface area contributed by atoms with Gasteiger partial charge in [0.25, 0.3) is 0 Å². The third-order valence-corrected chi connectivity index (χ3v) is 7.52. The van der Waals surface area contributed by atoms with E-state index in [-0.39, 0.29) is 4.90 Å². The van der Waals surface area contributed by atoms with Gasteiger partial charge in [-0.25, -0.2) is 17.9 Å². The molecule has 4 heterocycles. The smallest absolute Gasteiger partial charge is 0.246 e. The van der Waals surface area contributed by atoms with Gasteiger partial charge in [0, 0.05) is 38.3 Å². The van der Waals surface area contributed by atoms with Crippen molar-refractivity contribution in [3.05, 3.63) is 36.4 Å². The van der Waals surface area contributed by atoms with Crippen LogP contribution in [0.4, 0.5) is 0 Å². The average molecular weight is 417 g/mol. The molecular weight excluding hydrogens is 392 g/mol. The zero-order chi connectivity index (χ0) is 20.0. The third-order valence-electron chi connectivity index (χ3n) is 5.67. The Morgan fingerprint density at radius 1 is 1.14 bits per heavy atom. The van der Waals surface area contributed by atoms with Crippen molar-refractivity contribution in [2.24, 2.45) is 13.0 Å². The van der Waals surface area contributed by atoms with Gasteiger partial charge in [0.05, 0.1) is 24.7 Å².